The molecule has 6 saturated heterocycles. The Bertz CT molecular complexity index is 5580. The molecule has 17 rings (SSSR count). The lowest BCUT2D eigenvalue weighted by molar-refractivity contribution is -0.164. The molecule has 8 aliphatic heterocycles. The van der Waals surface area contributed by atoms with E-state index < -0.39 is 28.1 Å². The van der Waals surface area contributed by atoms with Crippen LogP contribution >= 0.6 is 23.2 Å². The van der Waals surface area contributed by atoms with E-state index in [1.54, 1.807) is 70.5 Å². The molecule has 2 saturated carbocycles. The Morgan fingerprint density at radius 1 is 0.531 bits per heavy atom. The van der Waals surface area contributed by atoms with Crippen molar-refractivity contribution in [2.75, 3.05) is 102 Å². The fourth-order valence-electron chi connectivity index (χ4n) is 20.7. The van der Waals surface area contributed by atoms with Crippen LogP contribution in [0.4, 0.5) is 22.7 Å². The van der Waals surface area contributed by atoms with Gasteiger partial charge in [0.1, 0.15) is 35.8 Å². The molecule has 8 fully saturated rings. The second kappa shape index (κ2) is 37.7. The lowest BCUT2D eigenvalue weighted by Gasteiger charge is -2.63. The maximum atomic E-state index is 13.5. The molecule has 7 aromatic rings. The highest BCUT2D eigenvalue weighted by Gasteiger charge is 2.65. The number of halogens is 2. The average molecular weight is 1800 g/mol. The van der Waals surface area contributed by atoms with Crippen LogP contribution in [0.5, 0.6) is 11.5 Å². The molecule has 128 heavy (non-hydrogen) atoms. The van der Waals surface area contributed by atoms with Crippen LogP contribution in [-0.2, 0) is 68.9 Å². The van der Waals surface area contributed by atoms with Crippen molar-refractivity contribution in [2.45, 2.75) is 175 Å². The van der Waals surface area contributed by atoms with Crippen molar-refractivity contribution in [3.63, 3.8) is 0 Å². The average Bonchev–Trinajstić information content (AvgIpc) is 1.32. The zero-order chi connectivity index (χ0) is 90.3. The Hall–Kier alpha value is -10.8. The number of benzene rings is 7. The van der Waals surface area contributed by atoms with Gasteiger partial charge < -0.3 is 54.5 Å². The molecular formula is C98H114Cl2N12O15S. The molecule has 676 valence electrons. The number of anilines is 2. The van der Waals surface area contributed by atoms with Gasteiger partial charge in [0, 0.05) is 156 Å². The number of nitrogens with one attached hydrogen (secondary N) is 5. The number of hydrogen-bond acceptors (Lipinski definition) is 19. The van der Waals surface area contributed by atoms with Crippen LogP contribution in [0, 0.1) is 52.6 Å². The van der Waals surface area contributed by atoms with Gasteiger partial charge >= 0.3 is 0 Å². The second-order valence-electron chi connectivity index (χ2n) is 37.9. The van der Waals surface area contributed by atoms with Crippen molar-refractivity contribution in [1.29, 1.82) is 0 Å². The molecule has 0 spiro atoms. The fourth-order valence-corrected chi connectivity index (χ4v) is 22.0. The van der Waals surface area contributed by atoms with Gasteiger partial charge in [-0.1, -0.05) is 140 Å². The molecule has 2 unspecified atom stereocenters. The maximum Gasteiger partial charge on any atom is 0.296 e. The van der Waals surface area contributed by atoms with Gasteiger partial charge in [-0.15, -0.1) is 0 Å². The molecule has 2 atom stereocenters. The van der Waals surface area contributed by atoms with E-state index in [1.165, 1.54) is 5.56 Å². The van der Waals surface area contributed by atoms with Crippen LogP contribution in [0.1, 0.15) is 171 Å². The standard InChI is InChI=1S/C45H51ClN6O6.C35H39ClN2O6S.C17H20N4O3.CH4/c1-43(2)41(44(3,4)42(43)58-32-11-13-35(47-5)34(46)23-32)49-38(54)29-8-6-28(7-9-29)24-45(26-57-27-45)16-17-50-18-20-51(21-19-50)31-10-12-33-30(22-31)25-52(40(33)56)36-14-15-37(53)48-39(36)55;1-23-7-14-27(15-8-23)45(40,41)43-18-17-35(21-42-22-35)20-24-9-11-25(12-10-24)30(39)38-31-33(2,3)32(34(31,4)5)44-26-13-16-29(37-6)28(36)19-26;22-15-4-3-14(16(23)19-15)21-10-11-9-12(1-2-13(11)17(21)24)20-7-5-18-6-8-20;/h6-13,22-23,36,41-42H,14-21,24-27H2,1-4H3,(H,49,54)(H,48,53,55);7-16,19,31-32H,17-18,20-22H2,1-5H3,(H,38,39);1-2,9,14,18H,3-8,10H2,(H,19,22,23);1H4. The highest BCUT2D eigenvalue weighted by Crippen LogP contribution is 2.58. The summed E-state index contributed by atoms with van der Waals surface area (Å²) in [5.41, 5.74) is 8.96. The van der Waals surface area contributed by atoms with E-state index in [-0.39, 0.29) is 130 Å². The molecule has 8 heterocycles. The van der Waals surface area contributed by atoms with Crippen LogP contribution in [0.25, 0.3) is 9.69 Å². The number of aryl methyl sites for hydroxylation is 1. The van der Waals surface area contributed by atoms with E-state index in [2.05, 4.69) is 131 Å². The molecule has 8 amide bonds. The van der Waals surface area contributed by atoms with Gasteiger partial charge in [0.05, 0.1) is 61.1 Å². The molecular weight excluding hydrogens is 1690 g/mol. The number of piperazine rings is 2. The number of carbonyl (C=O) groups excluding carboxylic acids is 8. The van der Waals surface area contributed by atoms with Gasteiger partial charge in [0.15, 0.2) is 0 Å². The van der Waals surface area contributed by atoms with Crippen LogP contribution < -0.4 is 45.9 Å². The van der Waals surface area contributed by atoms with E-state index in [4.69, 9.17) is 59.5 Å². The number of hydrogen-bond donors (Lipinski definition) is 5. The fraction of sp³-hybridized carbons (Fsp3) is 0.469. The Morgan fingerprint density at radius 3 is 1.34 bits per heavy atom. The summed E-state index contributed by atoms with van der Waals surface area (Å²) >= 11 is 12.5. The third-order valence-corrected chi connectivity index (χ3v) is 29.3. The molecule has 0 aromatic heterocycles. The highest BCUT2D eigenvalue weighted by atomic mass is 35.5. The molecule has 2 aliphatic carbocycles. The summed E-state index contributed by atoms with van der Waals surface area (Å²) in [5, 5.41) is 15.3. The van der Waals surface area contributed by atoms with Crippen molar-refractivity contribution in [1.82, 2.24) is 41.3 Å². The van der Waals surface area contributed by atoms with Crippen molar-refractivity contribution < 1.29 is 69.9 Å². The molecule has 5 N–H and O–H groups in total. The van der Waals surface area contributed by atoms with E-state index in [0.29, 0.717) is 107 Å². The molecule has 7 aromatic carbocycles. The third kappa shape index (κ3) is 19.6. The quantitative estimate of drug-likeness (QED) is 0.0213. The van der Waals surface area contributed by atoms with E-state index >= 15 is 0 Å². The minimum atomic E-state index is -3.83. The summed E-state index contributed by atoms with van der Waals surface area (Å²) in [7, 11) is -3.83. The molecule has 0 radical (unpaired) electrons. The Balaban J connectivity index is 0.000000167. The number of carbonyl (C=O) groups is 8. The van der Waals surface area contributed by atoms with Gasteiger partial charge in [-0.25, -0.2) is 9.69 Å². The monoisotopic (exact) mass is 1800 g/mol. The Kier molecular flexibility index (Phi) is 27.5. The molecule has 27 nitrogen and oxygen atoms in total. The zero-order valence-electron chi connectivity index (χ0n) is 73.2. The first kappa shape index (κ1) is 93.4. The maximum absolute atomic E-state index is 13.5. The number of amides is 8. The van der Waals surface area contributed by atoms with Gasteiger partial charge in [-0.05, 0) is 171 Å². The van der Waals surface area contributed by atoms with E-state index in [1.807, 2.05) is 67.6 Å². The van der Waals surface area contributed by atoms with E-state index in [0.717, 1.165) is 119 Å². The van der Waals surface area contributed by atoms with Crippen LogP contribution in [0.15, 0.2) is 150 Å². The predicted octanol–water partition coefficient (Wildman–Crippen LogP) is 13.7. The number of ether oxygens (including phenoxy) is 4. The van der Waals surface area contributed by atoms with Crippen molar-refractivity contribution in [3.8, 4) is 11.5 Å². The molecule has 10 aliphatic rings. The van der Waals surface area contributed by atoms with Gasteiger partial charge in [-0.2, -0.15) is 8.42 Å². The topological polar surface area (TPSA) is 302 Å². The summed E-state index contributed by atoms with van der Waals surface area (Å²) in [4.78, 5) is 118. The molecule has 0 bridgehead atoms. The lowest BCUT2D eigenvalue weighted by atomic mass is 9.49. The number of imide groups is 2. The predicted molar refractivity (Wildman–Crippen MR) is 488 cm³/mol. The van der Waals surface area contributed by atoms with Crippen molar-refractivity contribution in [2.24, 2.45) is 32.5 Å². The largest absolute Gasteiger partial charge is 0.489 e. The van der Waals surface area contributed by atoms with Gasteiger partial charge in [-0.3, -0.25) is 58.1 Å². The second-order valence-corrected chi connectivity index (χ2v) is 40.3. The normalized spacial score (nSPS) is 23.1. The third-order valence-electron chi connectivity index (χ3n) is 27.4. The smallest absolute Gasteiger partial charge is 0.296 e. The Morgan fingerprint density at radius 2 is 0.945 bits per heavy atom. The van der Waals surface area contributed by atoms with E-state index in [9.17, 15) is 46.8 Å². The number of rotatable bonds is 24. The number of fused-ring (bicyclic) bond motifs is 2. The molecule has 30 heteroatoms. The lowest BCUT2D eigenvalue weighted by Crippen LogP contribution is -2.74. The van der Waals surface area contributed by atoms with Crippen molar-refractivity contribution >= 4 is 103 Å². The Labute approximate surface area is 759 Å². The van der Waals surface area contributed by atoms with Crippen LogP contribution in [0.3, 0.4) is 0 Å². The number of piperidine rings is 2. The summed E-state index contributed by atoms with van der Waals surface area (Å²) in [6.45, 7) is 44.8. The summed E-state index contributed by atoms with van der Waals surface area (Å²) in [6, 6.07) is 42.7. The van der Waals surface area contributed by atoms with Gasteiger partial charge in [0.25, 0.3) is 33.7 Å². The first-order chi connectivity index (χ1) is 60.5. The highest BCUT2D eigenvalue weighted by molar-refractivity contribution is 7.86. The zero-order valence-corrected chi connectivity index (χ0v) is 75.5. The minimum Gasteiger partial charge on any atom is -0.489 e. The minimum absolute atomic E-state index is 0. The first-order valence-corrected chi connectivity index (χ1v) is 45.7. The van der Waals surface area contributed by atoms with Crippen molar-refractivity contribution in [3.05, 3.63) is 229 Å². The number of nitrogens with zero attached hydrogens (tertiary/aromatic N) is 7. The van der Waals surface area contributed by atoms with Gasteiger partial charge in [0.2, 0.25) is 35.0 Å². The van der Waals surface area contributed by atoms with Crippen LogP contribution in [-0.4, -0.2) is 199 Å². The SMILES string of the molecule is C.O=C1CCC(N2Cc3cc(N4CCNCC4)ccc3C2=O)C(=O)N1.[C-]#[N+]c1ccc(OC2C(C)(C)C(NC(=O)c3ccc(CC4(CCN5CCN(c6ccc7c(c6)CN(C6CCC(=O)NC6=O)C7=O)CC5)COC4)cc3)C2(C)C)cc1Cl.[C-]#[N+]c1ccc(OC2C(C)(C)C(NC(=O)c3ccc(CC4(CCOS(=O)(=O)c5ccc(C)cc5)COC4)cc3)C2(C)C)cc1Cl. The first-order valence-electron chi connectivity index (χ1n) is 43.5. The summed E-state index contributed by atoms with van der Waals surface area (Å²) in [6.07, 6.45) is 4.05. The summed E-state index contributed by atoms with van der Waals surface area (Å²) < 4.78 is 54.6. The summed E-state index contributed by atoms with van der Waals surface area (Å²) in [5.74, 6) is -0.644. The van der Waals surface area contributed by atoms with Crippen LogP contribution in [0.2, 0.25) is 10.0 Å².